The molecule has 4 heterocycles. The number of aromatic nitrogens is 4. The summed E-state index contributed by atoms with van der Waals surface area (Å²) in [6.07, 6.45) is 10.9. The van der Waals surface area contributed by atoms with Crippen molar-refractivity contribution < 1.29 is 14.3 Å². The number of nitrogens with one attached hydrogen (secondary N) is 1. The van der Waals surface area contributed by atoms with Gasteiger partial charge in [-0.25, -0.2) is 9.97 Å². The SMILES string of the molecule is Cc1cn2c(-c3ccc(NC(=O)/C=C/C4CCCN4C)cc3)c(-c3ccc(Oc4nccc(C)n4)cc3)c(C(N)=O)c2cn1. The normalized spacial score (nSPS) is 15.2. The summed E-state index contributed by atoms with van der Waals surface area (Å²) in [5, 5.41) is 2.95. The molecule has 1 aliphatic heterocycles. The summed E-state index contributed by atoms with van der Waals surface area (Å²) in [5.41, 5.74) is 12.2. The Labute approximate surface area is 255 Å². The van der Waals surface area contributed by atoms with Gasteiger partial charge in [0.1, 0.15) is 5.75 Å². The number of primary amides is 1. The zero-order valence-electron chi connectivity index (χ0n) is 24.8. The van der Waals surface area contributed by atoms with Crippen LogP contribution in [0.2, 0.25) is 0 Å². The van der Waals surface area contributed by atoms with E-state index in [4.69, 9.17) is 10.5 Å². The Morgan fingerprint density at radius 3 is 2.43 bits per heavy atom. The molecule has 1 saturated heterocycles. The highest BCUT2D eigenvalue weighted by atomic mass is 16.5. The molecule has 2 amide bonds. The van der Waals surface area contributed by atoms with Gasteiger partial charge in [0.25, 0.3) is 5.91 Å². The van der Waals surface area contributed by atoms with Gasteiger partial charge in [0, 0.05) is 41.5 Å². The molecule has 3 N–H and O–H groups in total. The fraction of sp³-hybridized carbons (Fsp3) is 0.206. The van der Waals surface area contributed by atoms with Gasteiger partial charge in [-0.2, -0.15) is 0 Å². The highest BCUT2D eigenvalue weighted by Crippen LogP contribution is 2.40. The Morgan fingerprint density at radius 2 is 1.75 bits per heavy atom. The molecular formula is C34H33N7O3. The molecule has 222 valence electrons. The number of hydrogen-bond donors (Lipinski definition) is 2. The molecule has 1 aliphatic rings. The van der Waals surface area contributed by atoms with E-state index in [0.717, 1.165) is 47.6 Å². The summed E-state index contributed by atoms with van der Waals surface area (Å²) in [5.74, 6) is -0.189. The van der Waals surface area contributed by atoms with Crippen LogP contribution in [0.4, 0.5) is 5.69 Å². The molecule has 1 fully saturated rings. The number of aryl methyl sites for hydroxylation is 2. The largest absolute Gasteiger partial charge is 0.424 e. The minimum atomic E-state index is -0.563. The molecule has 0 saturated carbocycles. The van der Waals surface area contributed by atoms with Gasteiger partial charge < -0.3 is 20.2 Å². The first-order valence-corrected chi connectivity index (χ1v) is 14.4. The van der Waals surface area contributed by atoms with E-state index in [2.05, 4.69) is 32.2 Å². The summed E-state index contributed by atoms with van der Waals surface area (Å²) in [6.45, 7) is 4.80. The Morgan fingerprint density at radius 1 is 1.00 bits per heavy atom. The first-order chi connectivity index (χ1) is 21.3. The number of benzene rings is 2. The van der Waals surface area contributed by atoms with E-state index in [1.807, 2.05) is 66.9 Å². The number of rotatable bonds is 8. The Balaban J connectivity index is 1.35. The molecule has 0 aliphatic carbocycles. The molecule has 6 rings (SSSR count). The number of ether oxygens (including phenoxy) is 1. The van der Waals surface area contributed by atoms with Crippen LogP contribution in [0.25, 0.3) is 27.9 Å². The Kier molecular flexibility index (Phi) is 7.91. The molecule has 10 heteroatoms. The van der Waals surface area contributed by atoms with Gasteiger partial charge in [0.05, 0.1) is 28.7 Å². The number of fused-ring (bicyclic) bond motifs is 1. The molecule has 1 atom stereocenters. The summed E-state index contributed by atoms with van der Waals surface area (Å²) in [7, 11) is 2.07. The van der Waals surface area contributed by atoms with Crippen LogP contribution in [0.3, 0.4) is 0 Å². The second-order valence-electron chi connectivity index (χ2n) is 11.0. The summed E-state index contributed by atoms with van der Waals surface area (Å²) in [4.78, 5) is 40.7. The summed E-state index contributed by atoms with van der Waals surface area (Å²) in [6, 6.07) is 17.2. The van der Waals surface area contributed by atoms with E-state index in [9.17, 15) is 9.59 Å². The van der Waals surface area contributed by atoms with E-state index in [1.165, 1.54) is 0 Å². The van der Waals surface area contributed by atoms with E-state index in [1.54, 1.807) is 36.7 Å². The number of nitrogens with zero attached hydrogens (tertiary/aromatic N) is 5. The molecule has 44 heavy (non-hydrogen) atoms. The minimum Gasteiger partial charge on any atom is -0.424 e. The number of amides is 2. The molecular weight excluding hydrogens is 554 g/mol. The lowest BCUT2D eigenvalue weighted by Crippen LogP contribution is -2.23. The standard InChI is InChI=1S/C34H33N7O3/c1-21-16-17-36-34(38-21)44-27-13-8-23(9-14-27)30-31(33(35)43)28-19-37-22(2)20-41(28)32(30)24-6-10-25(11-7-24)39-29(42)15-12-26-5-4-18-40(26)3/h6-17,19-20,26H,4-5,18H2,1-3H3,(H2,35,43)(H,39,42)/b15-12+. The topological polar surface area (TPSA) is 128 Å². The fourth-order valence-corrected chi connectivity index (χ4v) is 5.61. The lowest BCUT2D eigenvalue weighted by Gasteiger charge is -2.14. The number of carbonyl (C=O) groups excluding carboxylic acids is 2. The van der Waals surface area contributed by atoms with Gasteiger partial charge in [-0.3, -0.25) is 19.5 Å². The summed E-state index contributed by atoms with van der Waals surface area (Å²) >= 11 is 0. The van der Waals surface area contributed by atoms with Crippen molar-refractivity contribution in [1.82, 2.24) is 24.3 Å². The van der Waals surface area contributed by atoms with Crippen LogP contribution in [0.15, 0.2) is 85.3 Å². The highest BCUT2D eigenvalue weighted by molar-refractivity contribution is 6.10. The first-order valence-electron chi connectivity index (χ1n) is 14.4. The molecule has 0 spiro atoms. The van der Waals surface area contributed by atoms with Gasteiger partial charge in [0.15, 0.2) is 0 Å². The van der Waals surface area contributed by atoms with Crippen molar-refractivity contribution in [3.8, 4) is 34.1 Å². The predicted octanol–water partition coefficient (Wildman–Crippen LogP) is 5.56. The van der Waals surface area contributed by atoms with E-state index in [0.29, 0.717) is 28.1 Å². The van der Waals surface area contributed by atoms with Gasteiger partial charge in [-0.15, -0.1) is 0 Å². The van der Waals surface area contributed by atoms with Crippen molar-refractivity contribution in [1.29, 1.82) is 0 Å². The second kappa shape index (κ2) is 12.1. The first kappa shape index (κ1) is 28.8. The molecule has 1 unspecified atom stereocenters. The monoisotopic (exact) mass is 587 g/mol. The average Bonchev–Trinajstić information content (AvgIpc) is 3.57. The zero-order chi connectivity index (χ0) is 30.8. The quantitative estimate of drug-likeness (QED) is 0.228. The number of likely N-dealkylation sites (N-methyl/N-ethyl adjacent to an activating group) is 1. The molecule has 0 bridgehead atoms. The van der Waals surface area contributed by atoms with Crippen LogP contribution in [0.1, 0.15) is 34.6 Å². The Hall–Kier alpha value is -5.35. The van der Waals surface area contributed by atoms with E-state index < -0.39 is 5.91 Å². The Bertz CT molecular complexity index is 1880. The molecule has 0 radical (unpaired) electrons. The molecule has 3 aromatic heterocycles. The third-order valence-corrected chi connectivity index (χ3v) is 7.79. The van der Waals surface area contributed by atoms with Crippen LogP contribution in [-0.4, -0.2) is 55.7 Å². The summed E-state index contributed by atoms with van der Waals surface area (Å²) < 4.78 is 7.78. The van der Waals surface area contributed by atoms with Crippen molar-refractivity contribution in [3.63, 3.8) is 0 Å². The third-order valence-electron chi connectivity index (χ3n) is 7.79. The fourth-order valence-electron chi connectivity index (χ4n) is 5.61. The van der Waals surface area contributed by atoms with Crippen molar-refractivity contribution in [3.05, 3.63) is 102 Å². The maximum atomic E-state index is 12.9. The van der Waals surface area contributed by atoms with Crippen LogP contribution in [0.5, 0.6) is 11.8 Å². The van der Waals surface area contributed by atoms with Crippen molar-refractivity contribution >= 4 is 23.0 Å². The maximum Gasteiger partial charge on any atom is 0.322 e. The van der Waals surface area contributed by atoms with Gasteiger partial charge in [0.2, 0.25) is 5.91 Å². The van der Waals surface area contributed by atoms with Crippen LogP contribution < -0.4 is 15.8 Å². The second-order valence-corrected chi connectivity index (χ2v) is 11.0. The van der Waals surface area contributed by atoms with Gasteiger partial charge in [-0.05, 0) is 81.7 Å². The lowest BCUT2D eigenvalue weighted by atomic mass is 9.96. The van der Waals surface area contributed by atoms with Crippen molar-refractivity contribution in [2.45, 2.75) is 32.7 Å². The van der Waals surface area contributed by atoms with Gasteiger partial charge >= 0.3 is 6.01 Å². The van der Waals surface area contributed by atoms with Gasteiger partial charge in [-0.1, -0.05) is 30.3 Å². The third kappa shape index (κ3) is 5.93. The van der Waals surface area contributed by atoms with E-state index >= 15 is 0 Å². The highest BCUT2D eigenvalue weighted by Gasteiger charge is 2.25. The number of nitrogens with two attached hydrogens (primary N) is 1. The zero-order valence-corrected chi connectivity index (χ0v) is 24.8. The van der Waals surface area contributed by atoms with Crippen molar-refractivity contribution in [2.75, 3.05) is 18.9 Å². The van der Waals surface area contributed by atoms with Crippen molar-refractivity contribution in [2.24, 2.45) is 5.73 Å². The lowest BCUT2D eigenvalue weighted by molar-refractivity contribution is -0.111. The van der Waals surface area contributed by atoms with Crippen LogP contribution in [0, 0.1) is 13.8 Å². The number of likely N-dealkylation sites (tertiary alicyclic amines) is 1. The predicted molar refractivity (Wildman–Crippen MR) is 170 cm³/mol. The maximum absolute atomic E-state index is 12.9. The average molecular weight is 588 g/mol. The smallest absolute Gasteiger partial charge is 0.322 e. The van der Waals surface area contributed by atoms with Crippen LogP contribution >= 0.6 is 0 Å². The van der Waals surface area contributed by atoms with E-state index in [-0.39, 0.29) is 18.0 Å². The molecule has 10 nitrogen and oxygen atoms in total. The number of hydrogen-bond acceptors (Lipinski definition) is 7. The minimum absolute atomic E-state index is 0.178. The molecule has 5 aromatic rings. The number of carbonyl (C=O) groups is 2. The molecule has 2 aromatic carbocycles. The van der Waals surface area contributed by atoms with Crippen LogP contribution in [-0.2, 0) is 4.79 Å². The number of anilines is 1.